The van der Waals surface area contributed by atoms with Gasteiger partial charge in [0.05, 0.1) is 34.2 Å². The number of nitrogens with one attached hydrogen (secondary N) is 3. The topological polar surface area (TPSA) is 104 Å². The maximum atomic E-state index is 15.0. The molecule has 8 heteroatoms. The number of rotatable bonds is 15. The van der Waals surface area contributed by atoms with Gasteiger partial charge in [-0.3, -0.25) is 9.79 Å². The molecule has 1 aromatic rings. The molecule has 0 atom stereocenters. The first-order valence-electron chi connectivity index (χ1n) is 15.1. The summed E-state index contributed by atoms with van der Waals surface area (Å²) in [7, 11) is 0. The third-order valence-electron chi connectivity index (χ3n) is 7.74. The molecule has 0 spiro atoms. The number of carbonyl (C=O) groups excluding carboxylic acids is 1. The Hall–Kier alpha value is -5.24. The van der Waals surface area contributed by atoms with Gasteiger partial charge in [-0.2, -0.15) is 0 Å². The van der Waals surface area contributed by atoms with Gasteiger partial charge >= 0.3 is 0 Å². The van der Waals surface area contributed by atoms with Crippen LogP contribution in [0.5, 0.6) is 0 Å². The number of benzene rings is 1. The van der Waals surface area contributed by atoms with Crippen molar-refractivity contribution in [3.8, 4) is 0 Å². The van der Waals surface area contributed by atoms with Gasteiger partial charge in [0.1, 0.15) is 12.1 Å². The van der Waals surface area contributed by atoms with E-state index in [9.17, 15) is 9.18 Å². The predicted octanol–water partition coefficient (Wildman–Crippen LogP) is 6.97. The molecule has 0 saturated carbocycles. The zero-order valence-corrected chi connectivity index (χ0v) is 27.6. The second-order valence-electron chi connectivity index (χ2n) is 11.2. The second kappa shape index (κ2) is 16.2. The molecule has 0 saturated heterocycles. The Bertz CT molecular complexity index is 1710. The van der Waals surface area contributed by atoms with Gasteiger partial charge in [-0.25, -0.2) is 9.38 Å². The lowest BCUT2D eigenvalue weighted by Gasteiger charge is -2.27. The lowest BCUT2D eigenvalue weighted by molar-refractivity contribution is -0.105. The van der Waals surface area contributed by atoms with E-state index in [1.165, 1.54) is 0 Å². The van der Waals surface area contributed by atoms with E-state index in [1.807, 2.05) is 70.2 Å². The molecule has 0 heterocycles. The van der Waals surface area contributed by atoms with Gasteiger partial charge in [-0.1, -0.05) is 56.7 Å². The fourth-order valence-electron chi connectivity index (χ4n) is 4.67. The van der Waals surface area contributed by atoms with Gasteiger partial charge in [0.15, 0.2) is 0 Å². The molecule has 0 aromatic heterocycles. The van der Waals surface area contributed by atoms with Crippen molar-refractivity contribution in [2.75, 3.05) is 6.54 Å². The van der Waals surface area contributed by atoms with Crippen molar-refractivity contribution in [2.24, 2.45) is 15.7 Å². The molecule has 2 aliphatic carbocycles. The molecule has 0 amide bonds. The summed E-state index contributed by atoms with van der Waals surface area (Å²) in [6.07, 6.45) is 12.8. The molecule has 240 valence electrons. The highest BCUT2D eigenvalue weighted by molar-refractivity contribution is 6.08. The molecular formula is C38H45FN6O. The number of hydrogen-bond acceptors (Lipinski definition) is 7. The summed E-state index contributed by atoms with van der Waals surface area (Å²) in [5, 5.41) is 9.92. The Labute approximate surface area is 272 Å². The first kappa shape index (κ1) is 35.2. The van der Waals surface area contributed by atoms with Crippen molar-refractivity contribution in [1.29, 1.82) is 0 Å². The largest absolute Gasteiger partial charge is 0.397 e. The average molecular weight is 621 g/mol. The fraction of sp³-hybridized carbons (Fsp3) is 0.237. The smallest absolute Gasteiger partial charge is 0.146 e. The van der Waals surface area contributed by atoms with Crippen LogP contribution in [0.25, 0.3) is 0 Å². The van der Waals surface area contributed by atoms with Gasteiger partial charge in [-0.15, -0.1) is 0 Å². The van der Waals surface area contributed by atoms with Crippen molar-refractivity contribution in [3.05, 3.63) is 153 Å². The number of carbonyl (C=O) groups is 1. The number of nitrogens with zero attached hydrogens (tertiary/aromatic N) is 2. The summed E-state index contributed by atoms with van der Waals surface area (Å²) in [5.74, 6) is -0.262. The molecule has 1 aromatic carbocycles. The number of aldehydes is 1. The van der Waals surface area contributed by atoms with E-state index in [1.54, 1.807) is 13.1 Å². The van der Waals surface area contributed by atoms with Crippen molar-refractivity contribution in [2.45, 2.75) is 54.1 Å². The average Bonchev–Trinajstić information content (AvgIpc) is 3.28. The summed E-state index contributed by atoms with van der Waals surface area (Å²) >= 11 is 0. The zero-order valence-electron chi connectivity index (χ0n) is 27.6. The quantitative estimate of drug-likeness (QED) is 0.0964. The first-order chi connectivity index (χ1) is 21.9. The number of aliphatic imine (C=N–C) groups is 2. The minimum absolute atomic E-state index is 0.262. The molecule has 0 radical (unpaired) electrons. The molecule has 0 unspecified atom stereocenters. The summed E-state index contributed by atoms with van der Waals surface area (Å²) in [6, 6.07) is 3.65. The second-order valence-corrected chi connectivity index (χ2v) is 11.2. The van der Waals surface area contributed by atoms with Crippen LogP contribution in [0.3, 0.4) is 0 Å². The minimum Gasteiger partial charge on any atom is -0.397 e. The first-order valence-corrected chi connectivity index (χ1v) is 15.1. The molecule has 7 nitrogen and oxygen atoms in total. The van der Waals surface area contributed by atoms with Gasteiger partial charge < -0.3 is 21.7 Å². The van der Waals surface area contributed by atoms with E-state index in [0.717, 1.165) is 45.5 Å². The number of allylic oxidation sites excluding steroid dienone is 10. The van der Waals surface area contributed by atoms with Crippen LogP contribution in [-0.2, 0) is 17.9 Å². The SMILES string of the molecule is C=C1C(=C)C(NCc2cc(CNC(=C)/C(C)=C/C(=N/C(C)=C(\C)N=CC)C(=C)NCC3=CC=C(C=O)CC=C3)cc(C)c2F)=C1N. The van der Waals surface area contributed by atoms with Crippen LogP contribution < -0.4 is 21.7 Å². The van der Waals surface area contributed by atoms with Crippen LogP contribution in [0.1, 0.15) is 50.8 Å². The maximum absolute atomic E-state index is 15.0. The Balaban J connectivity index is 1.76. The van der Waals surface area contributed by atoms with Crippen LogP contribution in [0.4, 0.5) is 4.39 Å². The van der Waals surface area contributed by atoms with E-state index < -0.39 is 0 Å². The molecular weight excluding hydrogens is 575 g/mol. The van der Waals surface area contributed by atoms with E-state index >= 15 is 0 Å². The van der Waals surface area contributed by atoms with Crippen LogP contribution in [0.2, 0.25) is 0 Å². The number of aryl methyl sites for hydroxylation is 1. The van der Waals surface area contributed by atoms with Crippen molar-refractivity contribution >= 4 is 18.2 Å². The molecule has 0 fully saturated rings. The lowest BCUT2D eigenvalue weighted by Crippen LogP contribution is -2.29. The summed E-state index contributed by atoms with van der Waals surface area (Å²) in [4.78, 5) is 20.4. The van der Waals surface area contributed by atoms with Crippen molar-refractivity contribution in [1.82, 2.24) is 16.0 Å². The van der Waals surface area contributed by atoms with Crippen LogP contribution in [0, 0.1) is 12.7 Å². The molecule has 0 aliphatic heterocycles. The number of hydrogen-bond donors (Lipinski definition) is 4. The minimum atomic E-state index is -0.262. The summed E-state index contributed by atoms with van der Waals surface area (Å²) < 4.78 is 15.0. The van der Waals surface area contributed by atoms with Gasteiger partial charge in [0, 0.05) is 48.3 Å². The highest BCUT2D eigenvalue weighted by Gasteiger charge is 2.23. The van der Waals surface area contributed by atoms with E-state index in [4.69, 9.17) is 10.7 Å². The van der Waals surface area contributed by atoms with Crippen LogP contribution in [-0.4, -0.2) is 24.8 Å². The highest BCUT2D eigenvalue weighted by atomic mass is 19.1. The molecule has 0 bridgehead atoms. The third-order valence-corrected chi connectivity index (χ3v) is 7.74. The van der Waals surface area contributed by atoms with Crippen molar-refractivity contribution in [3.63, 3.8) is 0 Å². The maximum Gasteiger partial charge on any atom is 0.146 e. The Kier molecular flexibility index (Phi) is 12.4. The van der Waals surface area contributed by atoms with Gasteiger partial charge in [0.25, 0.3) is 0 Å². The molecule has 46 heavy (non-hydrogen) atoms. The fourth-order valence-corrected chi connectivity index (χ4v) is 4.67. The van der Waals surface area contributed by atoms with E-state index in [2.05, 4.69) is 47.3 Å². The standard InChI is InChI=1S/C38H45FN6O/c1-10-41-28(7)29(8)45-35(30(9)43-19-31-12-11-13-32(22-46)15-14-31)17-23(2)27(6)42-20-33-16-24(3)36(39)34(18-33)21-44-38-26(5)25(4)37(38)40/h10-12,14-18,22,42-44H,4-6,9,13,19-21,40H2,1-3,7-8H3/b23-17+,29-28+,41-10?,45-35-. The highest BCUT2D eigenvalue weighted by Crippen LogP contribution is 2.32. The van der Waals surface area contributed by atoms with E-state index in [0.29, 0.717) is 64.7 Å². The number of halogens is 1. The van der Waals surface area contributed by atoms with Crippen LogP contribution in [0.15, 0.2) is 141 Å². The number of nitrogens with two attached hydrogens (primary N) is 1. The third kappa shape index (κ3) is 9.14. The zero-order chi connectivity index (χ0) is 34.0. The van der Waals surface area contributed by atoms with Gasteiger partial charge in [-0.05, 0) is 81.0 Å². The van der Waals surface area contributed by atoms with E-state index in [-0.39, 0.29) is 12.4 Å². The van der Waals surface area contributed by atoms with Crippen molar-refractivity contribution < 1.29 is 9.18 Å². The molecule has 3 rings (SSSR count). The van der Waals surface area contributed by atoms with Gasteiger partial charge in [0.2, 0.25) is 0 Å². The van der Waals surface area contributed by atoms with Crippen LogP contribution >= 0.6 is 0 Å². The Morgan fingerprint density at radius 1 is 1.02 bits per heavy atom. The Morgan fingerprint density at radius 3 is 2.41 bits per heavy atom. The normalized spacial score (nSPS) is 16.0. The summed E-state index contributed by atoms with van der Waals surface area (Å²) in [5.41, 5.74) is 16.8. The molecule has 2 aliphatic rings. The molecule has 5 N–H and O–H groups in total. The monoisotopic (exact) mass is 620 g/mol. The predicted molar refractivity (Wildman–Crippen MR) is 190 cm³/mol. The Morgan fingerprint density at radius 2 is 1.74 bits per heavy atom. The lowest BCUT2D eigenvalue weighted by atomic mass is 9.90. The summed E-state index contributed by atoms with van der Waals surface area (Å²) in [6.45, 7) is 26.9.